The zero-order chi connectivity index (χ0) is 40.3. The molecule has 291 valence electrons. The van der Waals surface area contributed by atoms with Crippen LogP contribution in [0, 0.1) is 83.1 Å². The van der Waals surface area contributed by atoms with E-state index in [-0.39, 0.29) is 51.0 Å². The van der Waals surface area contributed by atoms with Crippen LogP contribution in [0.5, 0.6) is 0 Å². The van der Waals surface area contributed by atoms with Crippen molar-refractivity contribution in [1.82, 2.24) is 0 Å². The number of aliphatic hydroxyl groups excluding tert-OH is 2. The maximum atomic E-state index is 14.2. The minimum Gasteiger partial charge on any atom is -0.512 e. The maximum Gasteiger partial charge on any atom is 0.198 e. The molecular formula is C48H56CoN2O4. The minimum atomic E-state index is -0.692. The Morgan fingerprint density at radius 1 is 0.455 bits per heavy atom. The molecule has 7 heteroatoms. The number of rotatable bonds is 11. The van der Waals surface area contributed by atoms with Crippen LogP contribution in [-0.4, -0.2) is 34.2 Å². The van der Waals surface area contributed by atoms with Crippen molar-refractivity contribution in [3.63, 3.8) is 0 Å². The zero-order valence-electron chi connectivity index (χ0n) is 34.9. The molecule has 0 bridgehead atoms. The molecule has 0 unspecified atom stereocenters. The summed E-state index contributed by atoms with van der Waals surface area (Å²) < 4.78 is 0. The zero-order valence-corrected chi connectivity index (χ0v) is 35.9. The Hall–Kier alpha value is -4.85. The Balaban J connectivity index is 0.00000812. The summed E-state index contributed by atoms with van der Waals surface area (Å²) in [4.78, 5) is 38.8. The van der Waals surface area contributed by atoms with Crippen LogP contribution in [0.1, 0.15) is 125 Å². The van der Waals surface area contributed by atoms with Crippen molar-refractivity contribution in [3.05, 3.63) is 160 Å². The Morgan fingerprint density at radius 2 is 0.673 bits per heavy atom. The first kappa shape index (κ1) is 44.5. The number of benzene rings is 4. The number of carbonyl (C=O) groups is 2. The van der Waals surface area contributed by atoms with Crippen molar-refractivity contribution in [2.75, 3.05) is 0 Å². The summed E-state index contributed by atoms with van der Waals surface area (Å²) in [5.74, 6) is -0.915. The van der Waals surface area contributed by atoms with Gasteiger partial charge in [-0.1, -0.05) is 70.8 Å². The molecule has 0 saturated carbocycles. The molecule has 4 rings (SSSR count). The van der Waals surface area contributed by atoms with Gasteiger partial charge in [0.25, 0.3) is 0 Å². The van der Waals surface area contributed by atoms with E-state index in [0.717, 1.165) is 77.9 Å². The normalized spacial score (nSPS) is 13.7. The third-order valence-electron chi connectivity index (χ3n) is 10.2. The van der Waals surface area contributed by atoms with Gasteiger partial charge in [0.05, 0.1) is 11.1 Å². The van der Waals surface area contributed by atoms with Crippen LogP contribution in [0.3, 0.4) is 0 Å². The van der Waals surface area contributed by atoms with Crippen LogP contribution in [0.25, 0.3) is 0 Å². The van der Waals surface area contributed by atoms with Crippen molar-refractivity contribution in [2.45, 2.75) is 109 Å². The molecule has 55 heavy (non-hydrogen) atoms. The largest absolute Gasteiger partial charge is 0.512 e. The maximum absolute atomic E-state index is 14.2. The Bertz CT molecular complexity index is 2030. The predicted molar refractivity (Wildman–Crippen MR) is 224 cm³/mol. The Morgan fingerprint density at radius 3 is 0.891 bits per heavy atom. The number of aryl methyl sites for hydroxylation is 12. The summed E-state index contributed by atoms with van der Waals surface area (Å²) in [5.41, 5.74) is 14.7. The molecule has 0 aliphatic rings. The number of hydrogen-bond acceptors (Lipinski definition) is 6. The number of Topliss-reactive ketones (excluding diaryl/α,β-unsaturated/α-hetero) is 2. The van der Waals surface area contributed by atoms with E-state index in [1.54, 1.807) is 0 Å². The third kappa shape index (κ3) is 9.88. The molecule has 0 aliphatic heterocycles. The van der Waals surface area contributed by atoms with Gasteiger partial charge in [0.15, 0.2) is 11.6 Å². The molecule has 0 spiro atoms. The van der Waals surface area contributed by atoms with E-state index in [0.29, 0.717) is 11.1 Å². The molecule has 0 fully saturated rings. The second-order valence-electron chi connectivity index (χ2n) is 15.3. The van der Waals surface area contributed by atoms with Crippen LogP contribution in [0.15, 0.2) is 81.2 Å². The third-order valence-corrected chi connectivity index (χ3v) is 10.2. The van der Waals surface area contributed by atoms with Gasteiger partial charge in [-0.05, 0) is 153 Å². The van der Waals surface area contributed by atoms with Gasteiger partial charge in [-0.15, -0.1) is 0 Å². The summed E-state index contributed by atoms with van der Waals surface area (Å²) in [6.07, 6.45) is 2.97. The molecule has 2 N–H and O–H groups in total. The average Bonchev–Trinajstić information content (AvgIpc) is 3.01. The number of carbonyl (C=O) groups excluding carboxylic acids is 2. The Labute approximate surface area is 338 Å². The number of ketones is 2. The predicted octanol–water partition coefficient (Wildman–Crippen LogP) is 11.7. The van der Waals surface area contributed by atoms with Gasteiger partial charge in [0, 0.05) is 40.3 Å². The van der Waals surface area contributed by atoms with E-state index < -0.39 is 12.1 Å². The van der Waals surface area contributed by atoms with E-state index in [2.05, 4.69) is 38.1 Å². The number of nitrogens with zero attached hydrogens (tertiary/aromatic N) is 2. The summed E-state index contributed by atoms with van der Waals surface area (Å²) >= 11 is 0. The molecule has 1 radical (unpaired) electrons. The van der Waals surface area contributed by atoms with Gasteiger partial charge in [0.2, 0.25) is 0 Å². The molecule has 0 aromatic heterocycles. The quantitative estimate of drug-likeness (QED) is 0.0685. The smallest absolute Gasteiger partial charge is 0.198 e. The number of hydrogen-bond donors (Lipinski definition) is 2. The van der Waals surface area contributed by atoms with Crippen molar-refractivity contribution >= 4 is 24.0 Å². The van der Waals surface area contributed by atoms with Crippen LogP contribution >= 0.6 is 0 Å². The van der Waals surface area contributed by atoms with Crippen LogP contribution in [0.4, 0.5) is 0 Å². The molecule has 6 nitrogen and oxygen atoms in total. The molecule has 2 atom stereocenters. The average molecular weight is 784 g/mol. The van der Waals surface area contributed by atoms with Crippen molar-refractivity contribution in [3.8, 4) is 0 Å². The number of aliphatic imine (C=N–C) groups is 2. The molecule has 0 saturated heterocycles. The van der Waals surface area contributed by atoms with Gasteiger partial charge in [0.1, 0.15) is 23.6 Å². The summed E-state index contributed by atoms with van der Waals surface area (Å²) in [6, 6.07) is 14.9. The van der Waals surface area contributed by atoms with Crippen LogP contribution in [-0.2, 0) is 16.8 Å². The Kier molecular flexibility index (Phi) is 14.7. The van der Waals surface area contributed by atoms with Gasteiger partial charge >= 0.3 is 0 Å². The van der Waals surface area contributed by atoms with Gasteiger partial charge in [-0.2, -0.15) is 0 Å². The van der Waals surface area contributed by atoms with E-state index in [9.17, 15) is 19.8 Å². The summed E-state index contributed by atoms with van der Waals surface area (Å²) in [5, 5.41) is 22.0. The topological polar surface area (TPSA) is 99.3 Å². The second kappa shape index (κ2) is 18.2. The van der Waals surface area contributed by atoms with Gasteiger partial charge < -0.3 is 10.2 Å². The standard InChI is InChI=1S/C48H56N2O4.Co/c1-25-15-29(5)41(30(6)16-25)45(49-23-39(37(13)51)47(53)43-33(9)19-27(3)20-34(43)10)46(42-31(7)17-26(2)18-32(42)8)50-24-40(38(14)52)48(54)44-35(11)21-28(4)22-36(44)12;/h15-24,45-46,51-52H,1-14H3;/b39-37+,40-38+,49-23?,50-24?;/t45-,46-;/m0./s1. The van der Waals surface area contributed by atoms with Crippen LogP contribution in [0.2, 0.25) is 0 Å². The van der Waals surface area contributed by atoms with Gasteiger partial charge in [-0.3, -0.25) is 19.6 Å². The number of aliphatic hydroxyl groups is 2. The molecule has 0 amide bonds. The summed E-state index contributed by atoms with van der Waals surface area (Å²) in [7, 11) is 0. The van der Waals surface area contributed by atoms with E-state index >= 15 is 0 Å². The van der Waals surface area contributed by atoms with Crippen LogP contribution < -0.4 is 0 Å². The molecule has 4 aromatic carbocycles. The van der Waals surface area contributed by atoms with E-state index in [1.165, 1.54) is 26.3 Å². The van der Waals surface area contributed by atoms with Gasteiger partial charge in [-0.25, -0.2) is 0 Å². The minimum absolute atomic E-state index is 0. The molecule has 0 heterocycles. The molecular weight excluding hydrogens is 727 g/mol. The fourth-order valence-electron chi connectivity index (χ4n) is 8.23. The monoisotopic (exact) mass is 783 g/mol. The SMILES string of the molecule is C/C(O)=C(/C=N[C@@H](c1c(C)cc(C)cc1C)[C@@H](N=C/C(C(=O)c1c(C)cc(C)cc1C)=C(/C)O)c1c(C)cc(C)cc1C)C(=O)c1c(C)cc(C)cc1C.[Co]. The number of allylic oxidation sites excluding steroid dienone is 4. The fourth-order valence-corrected chi connectivity index (χ4v) is 8.23. The molecule has 4 aromatic rings. The second-order valence-corrected chi connectivity index (χ2v) is 15.3. The van der Waals surface area contributed by atoms with Crippen molar-refractivity contribution < 1.29 is 36.6 Å². The first-order chi connectivity index (χ1) is 25.2. The van der Waals surface area contributed by atoms with Crippen molar-refractivity contribution in [2.24, 2.45) is 9.98 Å². The molecule has 0 aliphatic carbocycles. The first-order valence-electron chi connectivity index (χ1n) is 18.5. The fraction of sp³-hybridized carbons (Fsp3) is 0.333. The van der Waals surface area contributed by atoms with Crippen molar-refractivity contribution in [1.29, 1.82) is 0 Å². The van der Waals surface area contributed by atoms with E-state index in [1.807, 2.05) is 93.5 Å². The summed E-state index contributed by atoms with van der Waals surface area (Å²) in [6.45, 7) is 26.9. The first-order valence-corrected chi connectivity index (χ1v) is 18.5. The van der Waals surface area contributed by atoms with E-state index in [4.69, 9.17) is 9.98 Å².